The van der Waals surface area contributed by atoms with Gasteiger partial charge >= 0.3 is 0 Å². The van der Waals surface area contributed by atoms with Gasteiger partial charge in [0.05, 0.1) is 5.39 Å². The maximum absolute atomic E-state index is 11.8. The van der Waals surface area contributed by atoms with Crippen molar-refractivity contribution in [2.24, 2.45) is 0 Å². The molecule has 0 radical (unpaired) electrons. The van der Waals surface area contributed by atoms with Crippen LogP contribution in [0.1, 0.15) is 11.3 Å². The number of benzene rings is 1. The van der Waals surface area contributed by atoms with E-state index in [4.69, 9.17) is 4.42 Å². The molecular formula is C11H10O4. The van der Waals surface area contributed by atoms with E-state index in [-0.39, 0.29) is 22.1 Å². The first-order chi connectivity index (χ1) is 7.02. The molecule has 0 aliphatic carbocycles. The smallest absolute Gasteiger partial charge is 0.201 e. The molecule has 15 heavy (non-hydrogen) atoms. The Hall–Kier alpha value is -1.97. The van der Waals surface area contributed by atoms with Crippen LogP contribution < -0.4 is 5.43 Å². The fraction of sp³-hybridized carbons (Fsp3) is 0.182. The zero-order valence-electron chi connectivity index (χ0n) is 8.37. The Bertz CT molecular complexity index is 596. The van der Waals surface area contributed by atoms with E-state index in [9.17, 15) is 15.0 Å². The topological polar surface area (TPSA) is 70.7 Å². The Morgan fingerprint density at radius 2 is 1.87 bits per heavy atom. The first-order valence-corrected chi connectivity index (χ1v) is 4.47. The van der Waals surface area contributed by atoms with Crippen molar-refractivity contribution in [1.29, 1.82) is 0 Å². The van der Waals surface area contributed by atoms with Crippen molar-refractivity contribution in [3.8, 4) is 11.5 Å². The van der Waals surface area contributed by atoms with E-state index >= 15 is 0 Å². The largest absolute Gasteiger partial charge is 0.504 e. The van der Waals surface area contributed by atoms with Gasteiger partial charge in [0.15, 0.2) is 16.8 Å². The highest BCUT2D eigenvalue weighted by Crippen LogP contribution is 2.32. The second kappa shape index (κ2) is 3.02. The predicted octanol–water partition coefficient (Wildman–Crippen LogP) is 1.82. The van der Waals surface area contributed by atoms with E-state index in [1.165, 1.54) is 12.1 Å². The molecule has 0 saturated heterocycles. The molecule has 4 heteroatoms. The number of aryl methyl sites for hydroxylation is 1. The standard InChI is InChI=1S/C11H10O4/c1-5-6(2)15-11-7(9(5)13)3-4-8(12)10(11)14/h3-4,12,14H,1-2H3. The molecule has 1 aromatic heterocycles. The van der Waals surface area contributed by atoms with Crippen LogP contribution in [0, 0.1) is 13.8 Å². The van der Waals surface area contributed by atoms with Crippen LogP contribution in [0.4, 0.5) is 0 Å². The van der Waals surface area contributed by atoms with Crippen LogP contribution in [0.15, 0.2) is 21.3 Å². The summed E-state index contributed by atoms with van der Waals surface area (Å²) in [6.45, 7) is 3.30. The van der Waals surface area contributed by atoms with Crippen molar-refractivity contribution >= 4 is 11.0 Å². The van der Waals surface area contributed by atoms with E-state index in [1.54, 1.807) is 13.8 Å². The molecule has 0 fully saturated rings. The molecule has 0 atom stereocenters. The first-order valence-electron chi connectivity index (χ1n) is 4.47. The maximum atomic E-state index is 11.8. The summed E-state index contributed by atoms with van der Waals surface area (Å²) < 4.78 is 5.27. The van der Waals surface area contributed by atoms with Crippen LogP contribution >= 0.6 is 0 Å². The van der Waals surface area contributed by atoms with Crippen molar-refractivity contribution in [1.82, 2.24) is 0 Å². The van der Waals surface area contributed by atoms with Gasteiger partial charge in [-0.25, -0.2) is 0 Å². The number of hydrogen-bond acceptors (Lipinski definition) is 4. The minimum atomic E-state index is -0.396. The van der Waals surface area contributed by atoms with Crippen LogP contribution in [-0.4, -0.2) is 10.2 Å². The highest BCUT2D eigenvalue weighted by atomic mass is 16.4. The van der Waals surface area contributed by atoms with Crippen molar-refractivity contribution in [2.45, 2.75) is 13.8 Å². The van der Waals surface area contributed by atoms with Crippen molar-refractivity contribution in [3.05, 3.63) is 33.7 Å². The summed E-state index contributed by atoms with van der Waals surface area (Å²) in [6, 6.07) is 2.70. The first kappa shape index (κ1) is 9.58. The number of aromatic hydroxyl groups is 2. The summed E-state index contributed by atoms with van der Waals surface area (Å²) in [4.78, 5) is 11.8. The lowest BCUT2D eigenvalue weighted by molar-refractivity contribution is 0.397. The second-order valence-corrected chi connectivity index (χ2v) is 3.42. The average molecular weight is 206 g/mol. The molecule has 78 valence electrons. The molecule has 1 aromatic carbocycles. The molecule has 2 N–H and O–H groups in total. The lowest BCUT2D eigenvalue weighted by atomic mass is 10.1. The molecule has 0 bridgehead atoms. The molecule has 4 nitrogen and oxygen atoms in total. The summed E-state index contributed by atoms with van der Waals surface area (Å²) in [7, 11) is 0. The molecule has 0 unspecified atom stereocenters. The highest BCUT2D eigenvalue weighted by Gasteiger charge is 2.13. The molecular weight excluding hydrogens is 196 g/mol. The van der Waals surface area contributed by atoms with E-state index < -0.39 is 5.75 Å². The molecule has 0 aliphatic heterocycles. The van der Waals surface area contributed by atoms with Crippen molar-refractivity contribution in [2.75, 3.05) is 0 Å². The monoisotopic (exact) mass is 206 g/mol. The Balaban J connectivity index is 3.06. The van der Waals surface area contributed by atoms with Crippen molar-refractivity contribution < 1.29 is 14.6 Å². The summed E-state index contributed by atoms with van der Waals surface area (Å²) in [5.74, 6) is -0.255. The average Bonchev–Trinajstić information content (AvgIpc) is 2.21. The highest BCUT2D eigenvalue weighted by molar-refractivity contribution is 5.85. The van der Waals surface area contributed by atoms with Gasteiger partial charge in [-0.15, -0.1) is 0 Å². The van der Waals surface area contributed by atoms with Crippen LogP contribution in [-0.2, 0) is 0 Å². The van der Waals surface area contributed by atoms with Crippen molar-refractivity contribution in [3.63, 3.8) is 0 Å². The fourth-order valence-electron chi connectivity index (χ4n) is 1.43. The Labute approximate surface area is 85.4 Å². The summed E-state index contributed by atoms with van der Waals surface area (Å²) in [5, 5.41) is 19.0. The van der Waals surface area contributed by atoms with E-state index in [2.05, 4.69) is 0 Å². The SMILES string of the molecule is Cc1oc2c(O)c(O)ccc2c(=O)c1C. The number of phenolic OH excluding ortho intramolecular Hbond substituents is 2. The fourth-order valence-corrected chi connectivity index (χ4v) is 1.43. The Kier molecular flexibility index (Phi) is 1.93. The molecule has 0 saturated carbocycles. The third kappa shape index (κ3) is 1.26. The zero-order valence-corrected chi connectivity index (χ0v) is 8.37. The van der Waals surface area contributed by atoms with Gasteiger partial charge in [0.25, 0.3) is 0 Å². The lowest BCUT2D eigenvalue weighted by Gasteiger charge is -2.04. The lowest BCUT2D eigenvalue weighted by Crippen LogP contribution is -2.07. The minimum absolute atomic E-state index is 0.0306. The summed E-state index contributed by atoms with van der Waals surface area (Å²) in [5.41, 5.74) is 0.347. The third-order valence-corrected chi connectivity index (χ3v) is 2.48. The van der Waals surface area contributed by atoms with Crippen LogP contribution in [0.25, 0.3) is 11.0 Å². The van der Waals surface area contributed by atoms with Gasteiger partial charge in [-0.1, -0.05) is 0 Å². The van der Waals surface area contributed by atoms with Crippen LogP contribution in [0.2, 0.25) is 0 Å². The Morgan fingerprint density at radius 1 is 1.20 bits per heavy atom. The molecule has 0 spiro atoms. The number of phenols is 2. The van der Waals surface area contributed by atoms with Gasteiger partial charge in [-0.2, -0.15) is 0 Å². The quantitative estimate of drug-likeness (QED) is 0.645. The van der Waals surface area contributed by atoms with E-state index in [0.29, 0.717) is 11.3 Å². The molecule has 0 aliphatic rings. The van der Waals surface area contributed by atoms with Gasteiger partial charge in [0.1, 0.15) is 5.76 Å². The van der Waals surface area contributed by atoms with E-state index in [0.717, 1.165) is 0 Å². The third-order valence-electron chi connectivity index (χ3n) is 2.48. The van der Waals surface area contributed by atoms with Gasteiger partial charge in [0, 0.05) is 5.56 Å². The van der Waals surface area contributed by atoms with Gasteiger partial charge in [-0.05, 0) is 26.0 Å². The molecule has 0 amide bonds. The van der Waals surface area contributed by atoms with E-state index in [1.807, 2.05) is 0 Å². The second-order valence-electron chi connectivity index (χ2n) is 3.42. The minimum Gasteiger partial charge on any atom is -0.504 e. The molecule has 1 heterocycles. The predicted molar refractivity (Wildman–Crippen MR) is 55.3 cm³/mol. The van der Waals surface area contributed by atoms with Gasteiger partial charge < -0.3 is 14.6 Å². The normalized spacial score (nSPS) is 10.8. The zero-order chi connectivity index (χ0) is 11.2. The molecule has 2 aromatic rings. The summed E-state index contributed by atoms with van der Waals surface area (Å²) in [6.07, 6.45) is 0. The molecule has 2 rings (SSSR count). The number of rotatable bonds is 0. The van der Waals surface area contributed by atoms with Crippen LogP contribution in [0.5, 0.6) is 11.5 Å². The number of hydrogen-bond donors (Lipinski definition) is 2. The van der Waals surface area contributed by atoms with Gasteiger partial charge in [0.2, 0.25) is 5.75 Å². The summed E-state index contributed by atoms with van der Waals surface area (Å²) >= 11 is 0. The van der Waals surface area contributed by atoms with Gasteiger partial charge in [-0.3, -0.25) is 4.79 Å². The maximum Gasteiger partial charge on any atom is 0.201 e. The number of fused-ring (bicyclic) bond motifs is 1. The van der Waals surface area contributed by atoms with Crippen LogP contribution in [0.3, 0.4) is 0 Å². The Morgan fingerprint density at radius 3 is 2.53 bits per heavy atom.